The van der Waals surface area contributed by atoms with Crippen LogP contribution in [0.4, 0.5) is 0 Å². The second kappa shape index (κ2) is 10.2. The number of amides is 3. The molecule has 2 aliphatic heterocycles. The first-order chi connectivity index (χ1) is 16.2. The van der Waals surface area contributed by atoms with Crippen molar-refractivity contribution in [1.29, 1.82) is 0 Å². The summed E-state index contributed by atoms with van der Waals surface area (Å²) < 4.78 is 0. The Morgan fingerprint density at radius 3 is 2.65 bits per heavy atom. The number of nitrogens with zero attached hydrogens (tertiary/aromatic N) is 1. The average molecular weight is 468 g/mol. The van der Waals surface area contributed by atoms with Crippen molar-refractivity contribution >= 4 is 28.6 Å². The number of H-pyrrole nitrogens is 1. The molecule has 2 fully saturated rings. The third kappa shape index (κ3) is 5.27. The number of hydrogen-bond donors (Lipinski definition) is 4. The number of carbonyl (C=O) groups is 3. The molecule has 34 heavy (non-hydrogen) atoms. The lowest BCUT2D eigenvalue weighted by Gasteiger charge is -2.30. The highest BCUT2D eigenvalue weighted by molar-refractivity contribution is 5.94. The first kappa shape index (κ1) is 24.3. The van der Waals surface area contributed by atoms with E-state index in [1.807, 2.05) is 37.4 Å². The highest BCUT2D eigenvalue weighted by Gasteiger charge is 2.42. The lowest BCUT2D eigenvalue weighted by Crippen LogP contribution is -2.55. The van der Waals surface area contributed by atoms with Gasteiger partial charge in [-0.3, -0.25) is 14.4 Å². The minimum atomic E-state index is -0.763. The second-order valence-corrected chi connectivity index (χ2v) is 10.4. The molecule has 0 unspecified atom stereocenters. The smallest absolute Gasteiger partial charge is 0.246 e. The summed E-state index contributed by atoms with van der Waals surface area (Å²) in [5.74, 6) is -0.130. The number of aromatic nitrogens is 1. The number of para-hydroxylation sites is 1. The monoisotopic (exact) mass is 467 g/mol. The molecule has 0 aliphatic carbocycles. The van der Waals surface area contributed by atoms with E-state index in [0.717, 1.165) is 29.3 Å². The number of aromatic amines is 1. The molecule has 0 radical (unpaired) electrons. The van der Waals surface area contributed by atoms with Gasteiger partial charge in [0.2, 0.25) is 17.7 Å². The Hall–Kier alpha value is -2.87. The summed E-state index contributed by atoms with van der Waals surface area (Å²) in [5, 5.41) is 7.20. The Morgan fingerprint density at radius 2 is 1.88 bits per heavy atom. The molecule has 1 aromatic heterocycles. The molecule has 0 saturated carbocycles. The van der Waals surface area contributed by atoms with Crippen LogP contribution in [0.25, 0.3) is 10.9 Å². The van der Waals surface area contributed by atoms with Crippen molar-refractivity contribution < 1.29 is 14.4 Å². The van der Waals surface area contributed by atoms with Gasteiger partial charge in [0.05, 0.1) is 0 Å². The standard InChI is InChI=1S/C26H37N5O3/c1-15(2)20-9-8-16(3)10-24(32)29-22(11-17-13-28-21-7-5-4-6-19(17)21)26(34)31-14-18(27)12-23(31)25(33)30-20/h4-7,13,15-16,18,20,22-23,28H,8-12,14,27H2,1-3H3,(H,29,32)(H,30,33)/t16-,18-,20+,22-,23+/m1/s1. The molecule has 2 aliphatic rings. The fourth-order valence-corrected chi connectivity index (χ4v) is 5.27. The van der Waals surface area contributed by atoms with Gasteiger partial charge < -0.3 is 26.3 Å². The predicted octanol–water partition coefficient (Wildman–Crippen LogP) is 2.08. The van der Waals surface area contributed by atoms with E-state index in [9.17, 15) is 14.4 Å². The van der Waals surface area contributed by atoms with Gasteiger partial charge >= 0.3 is 0 Å². The zero-order valence-corrected chi connectivity index (χ0v) is 20.3. The first-order valence-electron chi connectivity index (χ1n) is 12.4. The fraction of sp³-hybridized carbons (Fsp3) is 0.577. The molecule has 8 nitrogen and oxygen atoms in total. The van der Waals surface area contributed by atoms with Crippen LogP contribution in [0, 0.1) is 11.8 Å². The van der Waals surface area contributed by atoms with Gasteiger partial charge in [-0.05, 0) is 42.7 Å². The topological polar surface area (TPSA) is 120 Å². The van der Waals surface area contributed by atoms with Crippen molar-refractivity contribution in [2.75, 3.05) is 6.54 Å². The fourth-order valence-electron chi connectivity index (χ4n) is 5.27. The summed E-state index contributed by atoms with van der Waals surface area (Å²) in [5.41, 5.74) is 8.15. The predicted molar refractivity (Wildman–Crippen MR) is 132 cm³/mol. The molecule has 0 bridgehead atoms. The number of carbonyl (C=O) groups excluding carboxylic acids is 3. The summed E-state index contributed by atoms with van der Waals surface area (Å²) >= 11 is 0. The van der Waals surface area contributed by atoms with Crippen LogP contribution in [-0.2, 0) is 20.8 Å². The zero-order chi connectivity index (χ0) is 24.4. The maximum atomic E-state index is 13.8. The Kier molecular flexibility index (Phi) is 7.26. The van der Waals surface area contributed by atoms with E-state index in [-0.39, 0.29) is 41.6 Å². The molecule has 4 rings (SSSR count). The molecule has 3 heterocycles. The second-order valence-electron chi connectivity index (χ2n) is 10.4. The van der Waals surface area contributed by atoms with Crippen molar-refractivity contribution in [2.24, 2.45) is 17.6 Å². The van der Waals surface area contributed by atoms with Crippen molar-refractivity contribution in [1.82, 2.24) is 20.5 Å². The summed E-state index contributed by atoms with van der Waals surface area (Å²) in [7, 11) is 0. The SMILES string of the molecule is CC(C)[C@@H]1CC[C@@H](C)CC(=O)N[C@H](Cc2c[nH]c3ccccc23)C(=O)N2C[C@H](N)C[C@H]2C(=O)N1. The number of fused-ring (bicyclic) bond motifs is 2. The van der Waals surface area contributed by atoms with Crippen LogP contribution in [0.3, 0.4) is 0 Å². The summed E-state index contributed by atoms with van der Waals surface area (Å²) in [6.45, 7) is 6.52. The first-order valence-corrected chi connectivity index (χ1v) is 12.4. The molecule has 1 aromatic carbocycles. The van der Waals surface area contributed by atoms with Gasteiger partial charge in [-0.15, -0.1) is 0 Å². The molecule has 2 saturated heterocycles. The molecule has 3 amide bonds. The van der Waals surface area contributed by atoms with Gasteiger partial charge in [-0.2, -0.15) is 0 Å². The van der Waals surface area contributed by atoms with Crippen molar-refractivity contribution in [3.8, 4) is 0 Å². The van der Waals surface area contributed by atoms with Crippen LogP contribution in [0.5, 0.6) is 0 Å². The molecule has 0 spiro atoms. The number of hydrogen-bond acceptors (Lipinski definition) is 4. The minimum Gasteiger partial charge on any atom is -0.361 e. The highest BCUT2D eigenvalue weighted by Crippen LogP contribution is 2.24. The van der Waals surface area contributed by atoms with Gasteiger partial charge in [-0.25, -0.2) is 0 Å². The van der Waals surface area contributed by atoms with E-state index in [1.165, 1.54) is 0 Å². The molecular formula is C26H37N5O3. The van der Waals surface area contributed by atoms with E-state index in [4.69, 9.17) is 5.73 Å². The maximum Gasteiger partial charge on any atom is 0.246 e. The molecule has 5 atom stereocenters. The Morgan fingerprint density at radius 1 is 1.12 bits per heavy atom. The average Bonchev–Trinajstić information content (AvgIpc) is 3.38. The Bertz CT molecular complexity index is 1050. The molecule has 184 valence electrons. The molecular weight excluding hydrogens is 430 g/mol. The van der Waals surface area contributed by atoms with E-state index >= 15 is 0 Å². The van der Waals surface area contributed by atoms with Crippen LogP contribution >= 0.6 is 0 Å². The van der Waals surface area contributed by atoms with E-state index in [0.29, 0.717) is 25.8 Å². The lowest BCUT2D eigenvalue weighted by atomic mass is 9.92. The van der Waals surface area contributed by atoms with E-state index in [2.05, 4.69) is 29.5 Å². The van der Waals surface area contributed by atoms with Gasteiger partial charge in [-0.1, -0.05) is 39.0 Å². The Labute approximate surface area is 201 Å². The number of nitrogens with two attached hydrogens (primary N) is 1. The van der Waals surface area contributed by atoms with Crippen molar-refractivity contribution in [3.05, 3.63) is 36.0 Å². The largest absolute Gasteiger partial charge is 0.361 e. The van der Waals surface area contributed by atoms with Gasteiger partial charge in [0.25, 0.3) is 0 Å². The van der Waals surface area contributed by atoms with Gasteiger partial charge in [0.1, 0.15) is 12.1 Å². The van der Waals surface area contributed by atoms with Gasteiger partial charge in [0, 0.05) is 48.6 Å². The zero-order valence-electron chi connectivity index (χ0n) is 20.3. The maximum absolute atomic E-state index is 13.8. The van der Waals surface area contributed by atoms with Crippen LogP contribution < -0.4 is 16.4 Å². The molecule has 2 aromatic rings. The van der Waals surface area contributed by atoms with Crippen LogP contribution in [0.1, 0.15) is 52.0 Å². The van der Waals surface area contributed by atoms with Crippen LogP contribution in [-0.4, -0.2) is 58.3 Å². The van der Waals surface area contributed by atoms with Crippen LogP contribution in [0.15, 0.2) is 30.5 Å². The van der Waals surface area contributed by atoms with E-state index in [1.54, 1.807) is 4.90 Å². The van der Waals surface area contributed by atoms with E-state index < -0.39 is 12.1 Å². The number of rotatable bonds is 3. The minimum absolute atomic E-state index is 0.00504. The summed E-state index contributed by atoms with van der Waals surface area (Å²) in [6, 6.07) is 6.24. The van der Waals surface area contributed by atoms with Gasteiger partial charge in [0.15, 0.2) is 0 Å². The third-order valence-electron chi connectivity index (χ3n) is 7.29. The van der Waals surface area contributed by atoms with Crippen LogP contribution in [0.2, 0.25) is 0 Å². The molecule has 5 N–H and O–H groups in total. The summed E-state index contributed by atoms with van der Waals surface area (Å²) in [6.07, 6.45) is 4.62. The number of benzene rings is 1. The third-order valence-corrected chi connectivity index (χ3v) is 7.29. The normalized spacial score (nSPS) is 29.3. The number of nitrogens with one attached hydrogen (secondary N) is 3. The summed E-state index contributed by atoms with van der Waals surface area (Å²) in [4.78, 5) is 44.9. The molecule has 8 heteroatoms. The quantitative estimate of drug-likeness (QED) is 0.552. The van der Waals surface area contributed by atoms with Crippen molar-refractivity contribution in [2.45, 2.75) is 77.0 Å². The Balaban J connectivity index is 1.65. The van der Waals surface area contributed by atoms with Crippen molar-refractivity contribution in [3.63, 3.8) is 0 Å². The highest BCUT2D eigenvalue weighted by atomic mass is 16.2. The lowest BCUT2D eigenvalue weighted by molar-refractivity contribution is -0.141.